The Morgan fingerprint density at radius 1 is 1.42 bits per heavy atom. The summed E-state index contributed by atoms with van der Waals surface area (Å²) in [7, 11) is 0. The first-order valence-electron chi connectivity index (χ1n) is 5.88. The van der Waals surface area contributed by atoms with E-state index in [4.69, 9.17) is 5.73 Å². The van der Waals surface area contributed by atoms with Gasteiger partial charge in [0.1, 0.15) is 4.88 Å². The van der Waals surface area contributed by atoms with E-state index in [1.54, 1.807) is 6.92 Å². The molecule has 1 aromatic rings. The number of hydrogen-bond acceptors (Lipinski definition) is 4. The minimum Gasteiger partial charge on any atom is -0.375 e. The highest BCUT2D eigenvalue weighted by Crippen LogP contribution is 2.34. The number of aryl methyl sites for hydroxylation is 1. The number of aromatic nitrogens is 1. The number of thiazole rings is 1. The van der Waals surface area contributed by atoms with Crippen molar-refractivity contribution in [3.63, 3.8) is 0 Å². The molecule has 0 radical (unpaired) electrons. The van der Waals surface area contributed by atoms with E-state index in [1.807, 2.05) is 0 Å². The molecule has 4 nitrogen and oxygen atoms in total. The van der Waals surface area contributed by atoms with Gasteiger partial charge in [0.05, 0.1) is 11.6 Å². The van der Waals surface area contributed by atoms with E-state index in [1.165, 1.54) is 4.90 Å². The molecule has 2 N–H and O–H groups in total. The minimum absolute atomic E-state index is 0.0391. The molecule has 0 saturated carbocycles. The summed E-state index contributed by atoms with van der Waals surface area (Å²) in [6.07, 6.45) is -4.24. The molecule has 0 unspecified atom stereocenters. The van der Waals surface area contributed by atoms with Crippen LogP contribution < -0.4 is 5.73 Å². The number of halogens is 3. The fraction of sp³-hybridized carbons (Fsp3) is 0.636. The number of alkyl halides is 3. The molecule has 1 aromatic heterocycles. The maximum Gasteiger partial charge on any atom is 0.391 e. The van der Waals surface area contributed by atoms with Crippen molar-refractivity contribution in [2.75, 3.05) is 18.8 Å². The molecule has 1 amide bonds. The molecule has 2 heterocycles. The number of likely N-dealkylation sites (tertiary alicyclic amines) is 1. The summed E-state index contributed by atoms with van der Waals surface area (Å²) >= 11 is 1.08. The average Bonchev–Trinajstić information content (AvgIpc) is 2.66. The summed E-state index contributed by atoms with van der Waals surface area (Å²) < 4.78 is 37.6. The van der Waals surface area contributed by atoms with Crippen LogP contribution in [0.1, 0.15) is 28.2 Å². The number of hydrogen-bond donors (Lipinski definition) is 1. The van der Waals surface area contributed by atoms with Gasteiger partial charge in [-0.25, -0.2) is 4.98 Å². The van der Waals surface area contributed by atoms with Crippen LogP contribution in [0.5, 0.6) is 0 Å². The second-order valence-electron chi connectivity index (χ2n) is 4.57. The molecule has 8 heteroatoms. The van der Waals surface area contributed by atoms with Crippen LogP contribution in [0.4, 0.5) is 18.3 Å². The van der Waals surface area contributed by atoms with Crippen LogP contribution in [0.2, 0.25) is 0 Å². The number of nitrogens with zero attached hydrogens (tertiary/aromatic N) is 2. The highest BCUT2D eigenvalue weighted by atomic mass is 32.1. The number of piperidine rings is 1. The molecule has 1 saturated heterocycles. The predicted molar refractivity (Wildman–Crippen MR) is 65.9 cm³/mol. The van der Waals surface area contributed by atoms with E-state index >= 15 is 0 Å². The standard InChI is InChI=1S/C11H14F3N3OS/c1-6-8(19-10(15)16-6)9(18)17-4-2-7(3-5-17)11(12,13)14/h7H,2-5H2,1H3,(H2,15,16). The van der Waals surface area contributed by atoms with Crippen LogP contribution in [0.3, 0.4) is 0 Å². The summed E-state index contributed by atoms with van der Waals surface area (Å²) in [6.45, 7) is 1.92. The number of rotatable bonds is 1. The largest absolute Gasteiger partial charge is 0.391 e. The van der Waals surface area contributed by atoms with Gasteiger partial charge in [0, 0.05) is 13.1 Å². The lowest BCUT2D eigenvalue weighted by molar-refractivity contribution is -0.183. The Hall–Kier alpha value is -1.31. The number of carbonyl (C=O) groups is 1. The van der Waals surface area contributed by atoms with E-state index in [9.17, 15) is 18.0 Å². The van der Waals surface area contributed by atoms with Gasteiger partial charge in [-0.05, 0) is 19.8 Å². The molecule has 1 aliphatic heterocycles. The quantitative estimate of drug-likeness (QED) is 0.865. The normalized spacial score (nSPS) is 17.8. The lowest BCUT2D eigenvalue weighted by atomic mass is 9.96. The Morgan fingerprint density at radius 2 is 2.00 bits per heavy atom. The zero-order valence-electron chi connectivity index (χ0n) is 10.3. The maximum atomic E-state index is 12.5. The summed E-state index contributed by atoms with van der Waals surface area (Å²) in [5.41, 5.74) is 6.05. The van der Waals surface area contributed by atoms with Crippen molar-refractivity contribution in [3.8, 4) is 0 Å². The van der Waals surface area contributed by atoms with Gasteiger partial charge in [-0.2, -0.15) is 13.2 Å². The van der Waals surface area contributed by atoms with Gasteiger partial charge in [0.2, 0.25) is 0 Å². The number of anilines is 1. The number of nitrogens with two attached hydrogens (primary N) is 1. The van der Waals surface area contributed by atoms with E-state index < -0.39 is 12.1 Å². The van der Waals surface area contributed by atoms with E-state index in [0.29, 0.717) is 15.7 Å². The molecule has 19 heavy (non-hydrogen) atoms. The van der Waals surface area contributed by atoms with Crippen molar-refractivity contribution in [2.45, 2.75) is 25.9 Å². The monoisotopic (exact) mass is 293 g/mol. The summed E-state index contributed by atoms with van der Waals surface area (Å²) in [6, 6.07) is 0. The van der Waals surface area contributed by atoms with Crippen LogP contribution in [-0.4, -0.2) is 35.1 Å². The Labute approximate surface area is 112 Å². The Kier molecular flexibility index (Phi) is 3.71. The zero-order chi connectivity index (χ0) is 14.2. The summed E-state index contributed by atoms with van der Waals surface area (Å²) in [4.78, 5) is 18.0. The Morgan fingerprint density at radius 3 is 2.42 bits per heavy atom. The van der Waals surface area contributed by atoms with Crippen molar-refractivity contribution in [1.82, 2.24) is 9.88 Å². The van der Waals surface area contributed by atoms with Crippen molar-refractivity contribution in [3.05, 3.63) is 10.6 Å². The Balaban J connectivity index is 2.02. The fourth-order valence-corrected chi connectivity index (χ4v) is 2.97. The van der Waals surface area contributed by atoms with Gasteiger partial charge >= 0.3 is 6.18 Å². The van der Waals surface area contributed by atoms with E-state index in [0.717, 1.165) is 11.3 Å². The number of carbonyl (C=O) groups excluding carboxylic acids is 1. The van der Waals surface area contributed by atoms with Gasteiger partial charge in [0.25, 0.3) is 5.91 Å². The molecule has 0 aromatic carbocycles. The molecular formula is C11H14F3N3OS. The van der Waals surface area contributed by atoms with Crippen molar-refractivity contribution < 1.29 is 18.0 Å². The first-order valence-corrected chi connectivity index (χ1v) is 6.69. The number of amides is 1. The van der Waals surface area contributed by atoms with Crippen LogP contribution in [0, 0.1) is 12.8 Å². The first-order chi connectivity index (χ1) is 8.79. The smallest absolute Gasteiger partial charge is 0.375 e. The van der Waals surface area contributed by atoms with Gasteiger partial charge in [-0.15, -0.1) is 0 Å². The second-order valence-corrected chi connectivity index (χ2v) is 5.61. The third-order valence-electron chi connectivity index (χ3n) is 3.25. The molecule has 1 aliphatic rings. The molecule has 0 atom stereocenters. The van der Waals surface area contributed by atoms with E-state index in [2.05, 4.69) is 4.98 Å². The zero-order valence-corrected chi connectivity index (χ0v) is 11.1. The van der Waals surface area contributed by atoms with Crippen LogP contribution in [-0.2, 0) is 0 Å². The highest BCUT2D eigenvalue weighted by Gasteiger charge is 2.42. The molecule has 2 rings (SSSR count). The molecule has 0 aliphatic carbocycles. The third-order valence-corrected chi connectivity index (χ3v) is 4.23. The second kappa shape index (κ2) is 4.99. The van der Waals surface area contributed by atoms with Crippen LogP contribution >= 0.6 is 11.3 Å². The Bertz CT molecular complexity index is 478. The fourth-order valence-electron chi connectivity index (χ4n) is 2.17. The summed E-state index contributed by atoms with van der Waals surface area (Å²) in [5, 5.41) is 0.297. The van der Waals surface area contributed by atoms with Crippen molar-refractivity contribution in [2.24, 2.45) is 5.92 Å². The highest BCUT2D eigenvalue weighted by molar-refractivity contribution is 7.17. The van der Waals surface area contributed by atoms with Crippen LogP contribution in [0.25, 0.3) is 0 Å². The van der Waals surface area contributed by atoms with Gasteiger partial charge in [0.15, 0.2) is 5.13 Å². The van der Waals surface area contributed by atoms with Crippen LogP contribution in [0.15, 0.2) is 0 Å². The number of nitrogen functional groups attached to an aromatic ring is 1. The van der Waals surface area contributed by atoms with Gasteiger partial charge in [-0.1, -0.05) is 11.3 Å². The SMILES string of the molecule is Cc1nc(N)sc1C(=O)N1CCC(C(F)(F)F)CC1. The molecule has 106 valence electrons. The van der Waals surface area contributed by atoms with Gasteiger partial charge in [-0.3, -0.25) is 4.79 Å². The molecule has 1 fully saturated rings. The predicted octanol–water partition coefficient (Wildman–Crippen LogP) is 2.45. The maximum absolute atomic E-state index is 12.5. The van der Waals surface area contributed by atoms with Gasteiger partial charge < -0.3 is 10.6 Å². The van der Waals surface area contributed by atoms with E-state index in [-0.39, 0.29) is 31.8 Å². The molecule has 0 spiro atoms. The van der Waals surface area contributed by atoms with Crippen molar-refractivity contribution >= 4 is 22.4 Å². The van der Waals surface area contributed by atoms with Crippen molar-refractivity contribution in [1.29, 1.82) is 0 Å². The topological polar surface area (TPSA) is 59.2 Å². The third kappa shape index (κ3) is 2.99. The first kappa shape index (κ1) is 14.1. The lowest BCUT2D eigenvalue weighted by Gasteiger charge is -2.32. The summed E-state index contributed by atoms with van der Waals surface area (Å²) in [5.74, 6) is -1.57. The molecular weight excluding hydrogens is 279 g/mol. The molecule has 0 bridgehead atoms. The average molecular weight is 293 g/mol. The lowest BCUT2D eigenvalue weighted by Crippen LogP contribution is -2.42. The minimum atomic E-state index is -4.17.